The number of rotatable bonds is 4. The standard InChI is InChI=1S/C14H13ClFNS/c1-18-14-5-3-2-4-13(14)17-9-10-6-7-12(16)11(15)8-10/h2-8,17H,9H2,1H3. The molecule has 0 aliphatic carbocycles. The van der Waals surface area contributed by atoms with Crippen molar-refractivity contribution in [2.24, 2.45) is 0 Å². The van der Waals surface area contributed by atoms with Gasteiger partial charge >= 0.3 is 0 Å². The van der Waals surface area contributed by atoms with Gasteiger partial charge in [-0.3, -0.25) is 0 Å². The van der Waals surface area contributed by atoms with E-state index in [0.717, 1.165) is 11.3 Å². The van der Waals surface area contributed by atoms with Gasteiger partial charge in [0, 0.05) is 17.1 Å². The number of nitrogens with one attached hydrogen (secondary N) is 1. The van der Waals surface area contributed by atoms with Crippen LogP contribution in [0.5, 0.6) is 0 Å². The number of hydrogen-bond acceptors (Lipinski definition) is 2. The number of para-hydroxylation sites is 1. The van der Waals surface area contributed by atoms with Crippen LogP contribution >= 0.6 is 23.4 Å². The first-order valence-corrected chi connectivity index (χ1v) is 7.12. The van der Waals surface area contributed by atoms with Crippen molar-refractivity contribution in [3.8, 4) is 0 Å². The van der Waals surface area contributed by atoms with E-state index in [-0.39, 0.29) is 10.8 Å². The molecule has 0 spiro atoms. The minimum Gasteiger partial charge on any atom is -0.380 e. The third-order valence-electron chi connectivity index (χ3n) is 2.57. The average molecular weight is 282 g/mol. The summed E-state index contributed by atoms with van der Waals surface area (Å²) in [5.74, 6) is -0.384. The topological polar surface area (TPSA) is 12.0 Å². The summed E-state index contributed by atoms with van der Waals surface area (Å²) in [5, 5.41) is 3.48. The maximum absolute atomic E-state index is 13.0. The summed E-state index contributed by atoms with van der Waals surface area (Å²) in [5.41, 5.74) is 2.03. The van der Waals surface area contributed by atoms with Gasteiger partial charge < -0.3 is 5.32 Å². The van der Waals surface area contributed by atoms with Crippen LogP contribution in [0.3, 0.4) is 0 Å². The molecule has 0 amide bonds. The summed E-state index contributed by atoms with van der Waals surface area (Å²) in [4.78, 5) is 1.19. The van der Waals surface area contributed by atoms with Crippen LogP contribution in [0.25, 0.3) is 0 Å². The lowest BCUT2D eigenvalue weighted by molar-refractivity contribution is 0.627. The maximum atomic E-state index is 13.0. The highest BCUT2D eigenvalue weighted by Gasteiger charge is 2.02. The average Bonchev–Trinajstić information content (AvgIpc) is 2.40. The summed E-state index contributed by atoms with van der Waals surface area (Å²) >= 11 is 7.43. The number of thioether (sulfide) groups is 1. The predicted molar refractivity (Wildman–Crippen MR) is 77.0 cm³/mol. The zero-order chi connectivity index (χ0) is 13.0. The highest BCUT2D eigenvalue weighted by molar-refractivity contribution is 7.98. The van der Waals surface area contributed by atoms with Gasteiger partial charge in [-0.1, -0.05) is 29.8 Å². The summed E-state index contributed by atoms with van der Waals surface area (Å²) in [6.45, 7) is 0.623. The first-order chi connectivity index (χ1) is 8.70. The Morgan fingerprint density at radius 2 is 2.00 bits per heavy atom. The van der Waals surface area contributed by atoms with Crippen molar-refractivity contribution in [2.45, 2.75) is 11.4 Å². The molecule has 2 aromatic rings. The fourth-order valence-corrected chi connectivity index (χ4v) is 2.42. The zero-order valence-electron chi connectivity index (χ0n) is 9.91. The van der Waals surface area contributed by atoms with Crippen LogP contribution in [0.4, 0.5) is 10.1 Å². The Morgan fingerprint density at radius 3 is 2.72 bits per heavy atom. The lowest BCUT2D eigenvalue weighted by Gasteiger charge is -2.10. The molecular formula is C14H13ClFNS. The van der Waals surface area contributed by atoms with Crippen molar-refractivity contribution in [2.75, 3.05) is 11.6 Å². The Balaban J connectivity index is 2.09. The van der Waals surface area contributed by atoms with Crippen molar-refractivity contribution >= 4 is 29.1 Å². The quantitative estimate of drug-likeness (QED) is 0.807. The number of hydrogen-bond donors (Lipinski definition) is 1. The molecule has 0 atom stereocenters. The van der Waals surface area contributed by atoms with Crippen LogP contribution in [0.15, 0.2) is 47.4 Å². The molecule has 0 aliphatic heterocycles. The van der Waals surface area contributed by atoms with Gasteiger partial charge in [0.05, 0.1) is 5.02 Å². The van der Waals surface area contributed by atoms with Crippen LogP contribution in [0.2, 0.25) is 5.02 Å². The molecule has 0 aromatic heterocycles. The molecule has 0 saturated carbocycles. The van der Waals surface area contributed by atoms with Crippen LogP contribution < -0.4 is 5.32 Å². The van der Waals surface area contributed by atoms with Gasteiger partial charge in [-0.15, -0.1) is 11.8 Å². The van der Waals surface area contributed by atoms with Gasteiger partial charge in [0.15, 0.2) is 0 Å². The van der Waals surface area contributed by atoms with E-state index in [9.17, 15) is 4.39 Å². The molecule has 1 nitrogen and oxygen atoms in total. The molecule has 1 N–H and O–H groups in total. The van der Waals surface area contributed by atoms with Gasteiger partial charge in [0.2, 0.25) is 0 Å². The van der Waals surface area contributed by atoms with Crippen molar-refractivity contribution in [3.63, 3.8) is 0 Å². The Morgan fingerprint density at radius 1 is 1.22 bits per heavy atom. The molecule has 0 bridgehead atoms. The fraction of sp³-hybridized carbons (Fsp3) is 0.143. The van der Waals surface area contributed by atoms with Gasteiger partial charge in [-0.2, -0.15) is 0 Å². The highest BCUT2D eigenvalue weighted by Crippen LogP contribution is 2.25. The highest BCUT2D eigenvalue weighted by atomic mass is 35.5. The Kier molecular flexibility index (Phi) is 4.50. The van der Waals surface area contributed by atoms with E-state index in [4.69, 9.17) is 11.6 Å². The van der Waals surface area contributed by atoms with Crippen LogP contribution in [0, 0.1) is 5.82 Å². The monoisotopic (exact) mass is 281 g/mol. The van der Waals surface area contributed by atoms with E-state index < -0.39 is 0 Å². The van der Waals surface area contributed by atoms with Crippen LogP contribution in [0.1, 0.15) is 5.56 Å². The molecule has 0 aliphatic rings. The van der Waals surface area contributed by atoms with Crippen molar-refractivity contribution in [1.82, 2.24) is 0 Å². The second kappa shape index (κ2) is 6.12. The van der Waals surface area contributed by atoms with Crippen LogP contribution in [-0.2, 0) is 6.54 Å². The molecule has 18 heavy (non-hydrogen) atoms. The van der Waals surface area contributed by atoms with Crippen molar-refractivity contribution in [1.29, 1.82) is 0 Å². The molecular weight excluding hydrogens is 269 g/mol. The Hall–Kier alpha value is -1.19. The van der Waals surface area contributed by atoms with E-state index in [2.05, 4.69) is 11.4 Å². The molecule has 2 rings (SSSR count). The fourth-order valence-electron chi connectivity index (χ4n) is 1.64. The van der Waals surface area contributed by atoms with E-state index in [1.54, 1.807) is 23.9 Å². The van der Waals surface area contributed by atoms with Crippen molar-refractivity contribution in [3.05, 3.63) is 58.9 Å². The molecule has 2 aromatic carbocycles. The molecule has 0 saturated heterocycles. The minimum atomic E-state index is -0.384. The van der Waals surface area contributed by atoms with Gasteiger partial charge in [-0.05, 0) is 36.1 Å². The summed E-state index contributed by atoms with van der Waals surface area (Å²) < 4.78 is 13.0. The second-order valence-electron chi connectivity index (χ2n) is 3.80. The smallest absolute Gasteiger partial charge is 0.141 e. The Bertz CT molecular complexity index is 545. The number of halogens is 2. The third kappa shape index (κ3) is 3.18. The first-order valence-electron chi connectivity index (χ1n) is 5.51. The summed E-state index contributed by atoms with van der Waals surface area (Å²) in [6, 6.07) is 12.8. The molecule has 94 valence electrons. The van der Waals surface area contributed by atoms with Gasteiger partial charge in [0.25, 0.3) is 0 Å². The molecule has 0 unspecified atom stereocenters. The van der Waals surface area contributed by atoms with Gasteiger partial charge in [-0.25, -0.2) is 4.39 Å². The molecule has 0 fully saturated rings. The van der Waals surface area contributed by atoms with E-state index in [0.29, 0.717) is 6.54 Å². The zero-order valence-corrected chi connectivity index (χ0v) is 11.5. The molecule has 0 radical (unpaired) electrons. The minimum absolute atomic E-state index is 0.160. The predicted octanol–water partition coefficient (Wildman–Crippen LogP) is 4.81. The lowest BCUT2D eigenvalue weighted by atomic mass is 10.2. The Labute approximate surface area is 115 Å². The van der Waals surface area contributed by atoms with Crippen molar-refractivity contribution < 1.29 is 4.39 Å². The normalized spacial score (nSPS) is 10.4. The maximum Gasteiger partial charge on any atom is 0.141 e. The van der Waals surface area contributed by atoms with E-state index >= 15 is 0 Å². The summed E-state index contributed by atoms with van der Waals surface area (Å²) in [6.07, 6.45) is 2.04. The van der Waals surface area contributed by atoms with E-state index in [1.165, 1.54) is 11.0 Å². The second-order valence-corrected chi connectivity index (χ2v) is 5.06. The molecule has 0 heterocycles. The lowest BCUT2D eigenvalue weighted by Crippen LogP contribution is -2.00. The van der Waals surface area contributed by atoms with Gasteiger partial charge in [0.1, 0.15) is 5.82 Å². The SMILES string of the molecule is CSc1ccccc1NCc1ccc(F)c(Cl)c1. The third-order valence-corrected chi connectivity index (χ3v) is 3.66. The first kappa shape index (κ1) is 13.2. The van der Waals surface area contributed by atoms with E-state index in [1.807, 2.05) is 24.5 Å². The number of anilines is 1. The largest absolute Gasteiger partial charge is 0.380 e. The van der Waals surface area contributed by atoms with Crippen LogP contribution in [-0.4, -0.2) is 6.26 Å². The summed E-state index contributed by atoms with van der Waals surface area (Å²) in [7, 11) is 0. The number of benzene rings is 2. The molecule has 4 heteroatoms.